The van der Waals surface area contributed by atoms with Crippen molar-refractivity contribution in [3.05, 3.63) is 65.7 Å². The maximum absolute atomic E-state index is 11.8. The van der Waals surface area contributed by atoms with Crippen LogP contribution >= 0.6 is 0 Å². The van der Waals surface area contributed by atoms with E-state index >= 15 is 0 Å². The molecule has 0 atom stereocenters. The average molecular weight is 383 g/mol. The molecular weight excluding hydrogens is 362 g/mol. The van der Waals surface area contributed by atoms with Gasteiger partial charge in [0.15, 0.2) is 6.61 Å². The number of ether oxygens (including phenoxy) is 1. The molecule has 2 aromatic carbocycles. The molecule has 0 aliphatic rings. The molecule has 0 saturated heterocycles. The second-order valence-electron chi connectivity index (χ2n) is 5.78. The third-order valence-electron chi connectivity index (χ3n) is 3.59. The highest BCUT2D eigenvalue weighted by molar-refractivity contribution is 5.87. The van der Waals surface area contributed by atoms with Gasteiger partial charge in [0.1, 0.15) is 5.75 Å². The summed E-state index contributed by atoms with van der Waals surface area (Å²) in [6, 6.07) is 16.3. The Morgan fingerprint density at radius 2 is 1.71 bits per heavy atom. The van der Waals surface area contributed by atoms with E-state index in [1.807, 2.05) is 30.3 Å². The van der Waals surface area contributed by atoms with Gasteiger partial charge in [-0.15, -0.1) is 0 Å². The quantitative estimate of drug-likeness (QED) is 0.423. The maximum atomic E-state index is 11.8. The molecule has 0 unspecified atom stereocenters. The normalized spacial score (nSPS) is 10.4. The van der Waals surface area contributed by atoms with Crippen LogP contribution < -0.4 is 15.5 Å². The zero-order valence-electron chi connectivity index (χ0n) is 15.1. The summed E-state index contributed by atoms with van der Waals surface area (Å²) in [5.74, 6) is -1.47. The number of nitrogens with one attached hydrogen (secondary N) is 2. The predicted molar refractivity (Wildman–Crippen MR) is 103 cm³/mol. The van der Waals surface area contributed by atoms with Crippen molar-refractivity contribution in [2.24, 2.45) is 5.10 Å². The molecule has 0 aliphatic heterocycles. The molecule has 0 heterocycles. The van der Waals surface area contributed by atoms with Gasteiger partial charge in [0.25, 0.3) is 5.91 Å². The minimum absolute atomic E-state index is 0.192. The van der Waals surface area contributed by atoms with Gasteiger partial charge < -0.3 is 15.2 Å². The first kappa shape index (κ1) is 20.6. The first-order chi connectivity index (χ1) is 13.5. The van der Waals surface area contributed by atoms with Gasteiger partial charge in [-0.3, -0.25) is 9.59 Å². The molecule has 0 bridgehead atoms. The Morgan fingerprint density at radius 1 is 1.00 bits per heavy atom. The van der Waals surface area contributed by atoms with Crippen molar-refractivity contribution < 1.29 is 24.2 Å². The van der Waals surface area contributed by atoms with E-state index < -0.39 is 18.5 Å². The van der Waals surface area contributed by atoms with Crippen LogP contribution in [0.3, 0.4) is 0 Å². The second kappa shape index (κ2) is 11.1. The van der Waals surface area contributed by atoms with E-state index in [1.54, 1.807) is 24.3 Å². The lowest BCUT2D eigenvalue weighted by Crippen LogP contribution is -2.35. The largest absolute Gasteiger partial charge is 0.481 e. The van der Waals surface area contributed by atoms with Crippen LogP contribution in [0.2, 0.25) is 0 Å². The van der Waals surface area contributed by atoms with Crippen LogP contribution in [0.15, 0.2) is 59.7 Å². The SMILES string of the molecule is O=C(O)COc1ccccc1/C=N/NC(=O)CNC(=O)CCc1ccccc1. The van der Waals surface area contributed by atoms with Gasteiger partial charge in [0.2, 0.25) is 5.91 Å². The van der Waals surface area contributed by atoms with Gasteiger partial charge in [0.05, 0.1) is 12.8 Å². The fourth-order valence-corrected chi connectivity index (χ4v) is 2.24. The van der Waals surface area contributed by atoms with E-state index in [-0.39, 0.29) is 18.9 Å². The number of amides is 2. The zero-order chi connectivity index (χ0) is 20.2. The number of benzene rings is 2. The fraction of sp³-hybridized carbons (Fsp3) is 0.200. The Morgan fingerprint density at radius 3 is 2.46 bits per heavy atom. The Labute approximate surface area is 162 Å². The molecule has 146 valence electrons. The third-order valence-corrected chi connectivity index (χ3v) is 3.59. The first-order valence-corrected chi connectivity index (χ1v) is 8.61. The summed E-state index contributed by atoms with van der Waals surface area (Å²) >= 11 is 0. The highest BCUT2D eigenvalue weighted by atomic mass is 16.5. The van der Waals surface area contributed by atoms with Crippen molar-refractivity contribution in [1.29, 1.82) is 0 Å². The Hall–Kier alpha value is -3.68. The van der Waals surface area contributed by atoms with Crippen LogP contribution in [0.1, 0.15) is 17.5 Å². The minimum atomic E-state index is -1.09. The predicted octanol–water partition coefficient (Wildman–Crippen LogP) is 1.35. The van der Waals surface area contributed by atoms with Crippen molar-refractivity contribution in [2.75, 3.05) is 13.2 Å². The van der Waals surface area contributed by atoms with E-state index in [0.29, 0.717) is 17.7 Å². The van der Waals surface area contributed by atoms with Gasteiger partial charge in [-0.1, -0.05) is 42.5 Å². The van der Waals surface area contributed by atoms with Crippen molar-refractivity contribution in [3.63, 3.8) is 0 Å². The van der Waals surface area contributed by atoms with Crippen molar-refractivity contribution >= 4 is 24.0 Å². The minimum Gasteiger partial charge on any atom is -0.481 e. The average Bonchev–Trinajstić information content (AvgIpc) is 2.70. The zero-order valence-corrected chi connectivity index (χ0v) is 15.1. The molecule has 28 heavy (non-hydrogen) atoms. The molecule has 3 N–H and O–H groups in total. The summed E-state index contributed by atoms with van der Waals surface area (Å²) < 4.78 is 5.14. The number of nitrogens with zero attached hydrogens (tertiary/aromatic N) is 1. The molecule has 2 aromatic rings. The van der Waals surface area contributed by atoms with Crippen molar-refractivity contribution in [2.45, 2.75) is 12.8 Å². The topological polar surface area (TPSA) is 117 Å². The van der Waals surface area contributed by atoms with Crippen LogP contribution in [-0.2, 0) is 20.8 Å². The van der Waals surface area contributed by atoms with Crippen LogP contribution in [0.4, 0.5) is 0 Å². The number of carboxylic acid groups (broad SMARTS) is 1. The summed E-state index contributed by atoms with van der Waals surface area (Å²) in [5, 5.41) is 15.0. The number of para-hydroxylation sites is 1. The van der Waals surface area contributed by atoms with Crippen molar-refractivity contribution in [1.82, 2.24) is 10.7 Å². The standard InChI is InChI=1S/C20H21N3O5/c24-18(11-10-15-6-2-1-3-7-15)21-13-19(25)23-22-12-16-8-4-5-9-17(16)28-14-20(26)27/h1-9,12H,10-11,13-14H2,(H,21,24)(H,23,25)(H,26,27)/b22-12+. The molecule has 2 rings (SSSR count). The van der Waals surface area contributed by atoms with Gasteiger partial charge >= 0.3 is 5.97 Å². The summed E-state index contributed by atoms with van der Waals surface area (Å²) in [6.07, 6.45) is 2.22. The number of rotatable bonds is 10. The lowest BCUT2D eigenvalue weighted by atomic mass is 10.1. The Balaban J connectivity index is 1.73. The van der Waals surface area contributed by atoms with E-state index in [9.17, 15) is 14.4 Å². The summed E-state index contributed by atoms with van der Waals surface area (Å²) in [6.45, 7) is -0.672. The molecule has 0 aromatic heterocycles. The molecule has 0 aliphatic carbocycles. The lowest BCUT2D eigenvalue weighted by molar-refractivity contribution is -0.139. The summed E-state index contributed by atoms with van der Waals surface area (Å²) in [5.41, 5.74) is 3.86. The molecule has 2 amide bonds. The van der Waals surface area contributed by atoms with Crippen LogP contribution in [0.25, 0.3) is 0 Å². The maximum Gasteiger partial charge on any atom is 0.341 e. The van der Waals surface area contributed by atoms with Crippen molar-refractivity contribution in [3.8, 4) is 5.75 Å². The monoisotopic (exact) mass is 383 g/mol. The number of aryl methyl sites for hydroxylation is 1. The number of aliphatic carboxylic acids is 1. The second-order valence-corrected chi connectivity index (χ2v) is 5.78. The fourth-order valence-electron chi connectivity index (χ4n) is 2.24. The molecule has 8 heteroatoms. The third kappa shape index (κ3) is 7.69. The molecule has 0 radical (unpaired) electrons. The summed E-state index contributed by atoms with van der Waals surface area (Å²) in [4.78, 5) is 34.1. The lowest BCUT2D eigenvalue weighted by Gasteiger charge is -2.06. The molecular formula is C20H21N3O5. The number of carbonyl (C=O) groups is 3. The molecule has 0 spiro atoms. The molecule has 8 nitrogen and oxygen atoms in total. The first-order valence-electron chi connectivity index (χ1n) is 8.61. The van der Waals surface area contributed by atoms with E-state index in [4.69, 9.17) is 9.84 Å². The van der Waals surface area contributed by atoms with Gasteiger partial charge in [-0.2, -0.15) is 5.10 Å². The van der Waals surface area contributed by atoms with Gasteiger partial charge in [-0.05, 0) is 24.1 Å². The van der Waals surface area contributed by atoms with Crippen LogP contribution in [0.5, 0.6) is 5.75 Å². The highest BCUT2D eigenvalue weighted by Crippen LogP contribution is 2.15. The van der Waals surface area contributed by atoms with E-state index in [0.717, 1.165) is 5.56 Å². The number of carboxylic acids is 1. The number of hydrogen-bond donors (Lipinski definition) is 3. The smallest absolute Gasteiger partial charge is 0.341 e. The number of carbonyl (C=O) groups excluding carboxylic acids is 2. The van der Waals surface area contributed by atoms with Gasteiger partial charge in [-0.25, -0.2) is 10.2 Å². The van der Waals surface area contributed by atoms with Crippen LogP contribution in [0, 0.1) is 0 Å². The number of hydrazone groups is 1. The van der Waals surface area contributed by atoms with E-state index in [1.165, 1.54) is 6.21 Å². The Kier molecular flexibility index (Phi) is 8.19. The van der Waals surface area contributed by atoms with Crippen LogP contribution in [-0.4, -0.2) is 42.3 Å². The molecule has 0 fully saturated rings. The highest BCUT2D eigenvalue weighted by Gasteiger charge is 2.06. The number of hydrogen-bond acceptors (Lipinski definition) is 5. The Bertz CT molecular complexity index is 837. The van der Waals surface area contributed by atoms with E-state index in [2.05, 4.69) is 15.8 Å². The molecule has 0 saturated carbocycles. The van der Waals surface area contributed by atoms with Gasteiger partial charge in [0, 0.05) is 12.0 Å². The summed E-state index contributed by atoms with van der Waals surface area (Å²) in [7, 11) is 0.